The quantitative estimate of drug-likeness (QED) is 0.917. The fourth-order valence-corrected chi connectivity index (χ4v) is 3.86. The molecule has 20 heavy (non-hydrogen) atoms. The molecule has 0 spiro atoms. The molecule has 4 nitrogen and oxygen atoms in total. The van der Waals surface area contributed by atoms with E-state index in [9.17, 15) is 0 Å². The normalized spacial score (nSPS) is 34.8. The lowest BCUT2D eigenvalue weighted by atomic mass is 9.77. The van der Waals surface area contributed by atoms with Crippen LogP contribution in [-0.2, 0) is 0 Å². The molecule has 0 amide bonds. The van der Waals surface area contributed by atoms with Gasteiger partial charge in [-0.15, -0.1) is 0 Å². The minimum Gasteiger partial charge on any atom is -0.339 e. The molecule has 1 aromatic rings. The molecule has 0 aromatic carbocycles. The van der Waals surface area contributed by atoms with Gasteiger partial charge in [0, 0.05) is 17.9 Å². The maximum atomic E-state index is 5.97. The summed E-state index contributed by atoms with van der Waals surface area (Å²) in [6.07, 6.45) is 8.23. The van der Waals surface area contributed by atoms with Crippen LogP contribution in [0.15, 0.2) is 4.52 Å². The highest BCUT2D eigenvalue weighted by molar-refractivity contribution is 5.03. The Labute approximate surface area is 121 Å². The Kier molecular flexibility index (Phi) is 4.11. The molecule has 0 unspecified atom stereocenters. The number of hydrogen-bond donors (Lipinski definition) is 1. The van der Waals surface area contributed by atoms with Crippen LogP contribution in [0.3, 0.4) is 0 Å². The van der Waals surface area contributed by atoms with Gasteiger partial charge in [-0.05, 0) is 56.8 Å². The summed E-state index contributed by atoms with van der Waals surface area (Å²) in [6, 6.07) is 0.317. The Morgan fingerprint density at radius 3 is 2.35 bits per heavy atom. The Hall–Kier alpha value is -0.900. The number of hydrogen-bond acceptors (Lipinski definition) is 4. The van der Waals surface area contributed by atoms with Crippen LogP contribution in [0.25, 0.3) is 0 Å². The number of nitrogens with zero attached hydrogens (tertiary/aromatic N) is 2. The molecule has 2 fully saturated rings. The monoisotopic (exact) mass is 277 g/mol. The van der Waals surface area contributed by atoms with E-state index in [1.54, 1.807) is 0 Å². The molecule has 4 heteroatoms. The minimum atomic E-state index is 0.317. The summed E-state index contributed by atoms with van der Waals surface area (Å²) in [7, 11) is 0. The summed E-state index contributed by atoms with van der Waals surface area (Å²) in [4.78, 5) is 4.69. The second-order valence-electron chi connectivity index (χ2n) is 7.12. The van der Waals surface area contributed by atoms with Gasteiger partial charge >= 0.3 is 0 Å². The first kappa shape index (κ1) is 14.1. The van der Waals surface area contributed by atoms with Crippen molar-refractivity contribution >= 4 is 0 Å². The summed E-state index contributed by atoms with van der Waals surface area (Å²) >= 11 is 0. The van der Waals surface area contributed by atoms with Gasteiger partial charge in [-0.25, -0.2) is 0 Å². The lowest BCUT2D eigenvalue weighted by molar-refractivity contribution is 0.251. The summed E-state index contributed by atoms with van der Waals surface area (Å²) in [5.41, 5.74) is 5.97. The van der Waals surface area contributed by atoms with Gasteiger partial charge in [0.05, 0.1) is 0 Å². The molecule has 1 heterocycles. The first-order chi connectivity index (χ1) is 9.63. The molecule has 3 rings (SSSR count). The van der Waals surface area contributed by atoms with E-state index in [0.29, 0.717) is 17.9 Å². The van der Waals surface area contributed by atoms with Crippen LogP contribution < -0.4 is 5.73 Å². The van der Waals surface area contributed by atoms with Crippen LogP contribution in [-0.4, -0.2) is 16.2 Å². The van der Waals surface area contributed by atoms with Crippen LogP contribution in [0, 0.1) is 11.8 Å². The van der Waals surface area contributed by atoms with Gasteiger partial charge < -0.3 is 10.3 Å². The minimum absolute atomic E-state index is 0.317. The molecule has 0 bridgehead atoms. The van der Waals surface area contributed by atoms with Gasteiger partial charge in [0.2, 0.25) is 5.89 Å². The molecule has 2 N–H and O–H groups in total. The maximum Gasteiger partial charge on any atom is 0.229 e. The third kappa shape index (κ3) is 2.90. The lowest BCUT2D eigenvalue weighted by Gasteiger charge is -2.29. The maximum absolute atomic E-state index is 5.97. The van der Waals surface area contributed by atoms with Crippen LogP contribution >= 0.6 is 0 Å². The van der Waals surface area contributed by atoms with E-state index in [-0.39, 0.29) is 0 Å². The van der Waals surface area contributed by atoms with Crippen molar-refractivity contribution < 1.29 is 4.52 Å². The topological polar surface area (TPSA) is 64.9 Å². The van der Waals surface area contributed by atoms with Crippen molar-refractivity contribution in [3.8, 4) is 0 Å². The largest absolute Gasteiger partial charge is 0.339 e. The van der Waals surface area contributed by atoms with E-state index in [1.165, 1.54) is 25.7 Å². The third-order valence-corrected chi connectivity index (χ3v) is 5.36. The highest BCUT2D eigenvalue weighted by Gasteiger charge is 2.31. The Morgan fingerprint density at radius 1 is 1.05 bits per heavy atom. The average molecular weight is 277 g/mol. The summed E-state index contributed by atoms with van der Waals surface area (Å²) in [5.74, 6) is 4.37. The smallest absolute Gasteiger partial charge is 0.229 e. The predicted molar refractivity (Wildman–Crippen MR) is 78.4 cm³/mol. The van der Waals surface area contributed by atoms with E-state index in [2.05, 4.69) is 24.0 Å². The zero-order valence-corrected chi connectivity index (χ0v) is 12.7. The molecule has 0 radical (unpaired) electrons. The molecule has 112 valence electrons. The fraction of sp³-hybridized carbons (Fsp3) is 0.875. The first-order valence-electron chi connectivity index (χ1n) is 8.22. The molecular formula is C16H27N3O. The van der Waals surface area contributed by atoms with Crippen molar-refractivity contribution in [2.45, 2.75) is 76.7 Å². The van der Waals surface area contributed by atoms with E-state index >= 15 is 0 Å². The van der Waals surface area contributed by atoms with E-state index in [0.717, 1.165) is 42.8 Å². The van der Waals surface area contributed by atoms with Crippen LogP contribution in [0.4, 0.5) is 0 Å². The Bertz CT molecular complexity index is 435. The van der Waals surface area contributed by atoms with Crippen molar-refractivity contribution in [3.05, 3.63) is 11.7 Å². The Morgan fingerprint density at radius 2 is 1.75 bits per heavy atom. The average Bonchev–Trinajstić information content (AvgIpc) is 3.07. The number of nitrogens with two attached hydrogens (primary N) is 1. The molecular weight excluding hydrogens is 250 g/mol. The third-order valence-electron chi connectivity index (χ3n) is 5.36. The summed E-state index contributed by atoms with van der Waals surface area (Å²) in [5, 5.41) is 4.25. The molecule has 2 atom stereocenters. The zero-order valence-electron chi connectivity index (χ0n) is 12.7. The molecule has 0 aliphatic heterocycles. The predicted octanol–water partition coefficient (Wildman–Crippen LogP) is 3.59. The first-order valence-corrected chi connectivity index (χ1v) is 8.22. The number of aromatic nitrogens is 2. The molecule has 1 aromatic heterocycles. The molecule has 2 aliphatic carbocycles. The van der Waals surface area contributed by atoms with Gasteiger partial charge in [-0.2, -0.15) is 4.98 Å². The second-order valence-corrected chi connectivity index (χ2v) is 7.12. The molecule has 2 aliphatic rings. The van der Waals surface area contributed by atoms with Gasteiger partial charge in [-0.1, -0.05) is 19.0 Å². The lowest BCUT2D eigenvalue weighted by Crippen LogP contribution is -2.18. The van der Waals surface area contributed by atoms with Crippen molar-refractivity contribution in [2.24, 2.45) is 17.6 Å². The molecule has 2 saturated carbocycles. The van der Waals surface area contributed by atoms with Crippen LogP contribution in [0.5, 0.6) is 0 Å². The van der Waals surface area contributed by atoms with Gasteiger partial charge in [0.15, 0.2) is 5.82 Å². The van der Waals surface area contributed by atoms with Gasteiger partial charge in [-0.3, -0.25) is 0 Å². The van der Waals surface area contributed by atoms with Crippen molar-refractivity contribution in [3.63, 3.8) is 0 Å². The summed E-state index contributed by atoms with van der Waals surface area (Å²) < 4.78 is 5.51. The standard InChI is InChI=1S/C16H27N3O/c1-10(2)11-3-5-12(6-4-11)15-18-16(20-19-15)13-7-8-14(17)9-13/h10-14H,3-9,17H2,1-2H3/t11?,12?,13-,14+/m1/s1. The number of rotatable bonds is 3. The zero-order chi connectivity index (χ0) is 14.1. The van der Waals surface area contributed by atoms with E-state index < -0.39 is 0 Å². The summed E-state index contributed by atoms with van der Waals surface area (Å²) in [6.45, 7) is 4.67. The molecule has 0 saturated heterocycles. The van der Waals surface area contributed by atoms with Gasteiger partial charge in [0.1, 0.15) is 0 Å². The fourth-order valence-electron chi connectivity index (χ4n) is 3.86. The van der Waals surface area contributed by atoms with Crippen molar-refractivity contribution in [2.75, 3.05) is 0 Å². The van der Waals surface area contributed by atoms with E-state index in [4.69, 9.17) is 10.3 Å². The van der Waals surface area contributed by atoms with E-state index in [1.807, 2.05) is 0 Å². The van der Waals surface area contributed by atoms with Crippen LogP contribution in [0.1, 0.15) is 82.3 Å². The van der Waals surface area contributed by atoms with Crippen LogP contribution in [0.2, 0.25) is 0 Å². The van der Waals surface area contributed by atoms with Crippen molar-refractivity contribution in [1.29, 1.82) is 0 Å². The Balaban J connectivity index is 1.60. The second kappa shape index (κ2) is 5.84. The SMILES string of the molecule is CC(C)C1CCC(c2noc([C@@H]3CC[C@H](N)C3)n2)CC1. The van der Waals surface area contributed by atoms with Gasteiger partial charge in [0.25, 0.3) is 0 Å². The highest BCUT2D eigenvalue weighted by Crippen LogP contribution is 2.39. The highest BCUT2D eigenvalue weighted by atomic mass is 16.5. The van der Waals surface area contributed by atoms with Crippen molar-refractivity contribution in [1.82, 2.24) is 10.1 Å².